The van der Waals surface area contributed by atoms with Crippen molar-refractivity contribution in [1.29, 1.82) is 0 Å². The second-order valence-electron chi connectivity index (χ2n) is 12.5. The van der Waals surface area contributed by atoms with E-state index in [0.717, 1.165) is 63.4 Å². The molecule has 2 aliphatic carbocycles. The largest absolute Gasteiger partial charge is 0.490 e. The van der Waals surface area contributed by atoms with Gasteiger partial charge in [-0.05, 0) is 105 Å². The van der Waals surface area contributed by atoms with E-state index >= 15 is 0 Å². The lowest BCUT2D eigenvalue weighted by Crippen LogP contribution is -2.23. The molecule has 3 aromatic carbocycles. The Balaban J connectivity index is 1.13. The molecule has 7 heteroatoms. The number of rotatable bonds is 10. The van der Waals surface area contributed by atoms with Crippen molar-refractivity contribution < 1.29 is 31.1 Å². The van der Waals surface area contributed by atoms with Crippen LogP contribution in [-0.2, 0) is 6.42 Å². The van der Waals surface area contributed by atoms with Crippen LogP contribution in [0.5, 0.6) is 5.75 Å². The molecule has 236 valence electrons. The molecule has 1 fully saturated rings. The maximum Gasteiger partial charge on any atom is 0.201 e. The van der Waals surface area contributed by atoms with E-state index in [4.69, 9.17) is 4.74 Å². The molecule has 0 aromatic heterocycles. The van der Waals surface area contributed by atoms with Crippen LogP contribution in [0.1, 0.15) is 87.8 Å². The summed E-state index contributed by atoms with van der Waals surface area (Å²) in [6.07, 6.45) is 11.5. The lowest BCUT2D eigenvalue weighted by atomic mass is 9.70. The molecule has 0 aliphatic heterocycles. The Morgan fingerprint density at radius 2 is 1.34 bits per heavy atom. The van der Waals surface area contributed by atoms with E-state index in [-0.39, 0.29) is 28.0 Å². The zero-order valence-electron chi connectivity index (χ0n) is 25.4. The minimum Gasteiger partial charge on any atom is -0.490 e. The van der Waals surface area contributed by atoms with Gasteiger partial charge >= 0.3 is 0 Å². The highest BCUT2D eigenvalue weighted by Gasteiger charge is 2.30. The minimum atomic E-state index is -1.18. The van der Waals surface area contributed by atoms with E-state index in [1.807, 2.05) is 6.92 Å². The Labute approximate surface area is 256 Å². The van der Waals surface area contributed by atoms with Gasteiger partial charge in [0, 0.05) is 16.7 Å². The van der Waals surface area contributed by atoms with Crippen LogP contribution < -0.4 is 4.74 Å². The maximum atomic E-state index is 15.0. The van der Waals surface area contributed by atoms with Crippen LogP contribution in [0, 0.1) is 59.6 Å². The molecule has 1 unspecified atom stereocenters. The van der Waals surface area contributed by atoms with Crippen molar-refractivity contribution in [3.05, 3.63) is 94.1 Å². The van der Waals surface area contributed by atoms with Gasteiger partial charge in [0.15, 0.2) is 34.8 Å². The first-order valence-electron chi connectivity index (χ1n) is 15.9. The molecule has 0 bridgehead atoms. The summed E-state index contributed by atoms with van der Waals surface area (Å²) in [7, 11) is 0. The Kier molecular flexibility index (Phi) is 10.4. The zero-order chi connectivity index (χ0) is 31.4. The highest BCUT2D eigenvalue weighted by Crippen LogP contribution is 2.43. The molecule has 0 radical (unpaired) electrons. The van der Waals surface area contributed by atoms with Crippen LogP contribution in [0.2, 0.25) is 0 Å². The number of benzene rings is 3. The normalized spacial score (nSPS) is 20.5. The highest BCUT2D eigenvalue weighted by atomic mass is 19.2. The first-order chi connectivity index (χ1) is 21.2. The summed E-state index contributed by atoms with van der Waals surface area (Å²) in [5.41, 5.74) is 0.943. The summed E-state index contributed by atoms with van der Waals surface area (Å²) >= 11 is 0. The predicted molar refractivity (Wildman–Crippen MR) is 162 cm³/mol. The van der Waals surface area contributed by atoms with Crippen molar-refractivity contribution in [2.24, 2.45) is 17.8 Å². The van der Waals surface area contributed by atoms with Crippen molar-refractivity contribution in [3.63, 3.8) is 0 Å². The summed E-state index contributed by atoms with van der Waals surface area (Å²) < 4.78 is 93.1. The van der Waals surface area contributed by atoms with Gasteiger partial charge < -0.3 is 4.74 Å². The summed E-state index contributed by atoms with van der Waals surface area (Å²) in [6, 6.07) is 8.58. The van der Waals surface area contributed by atoms with E-state index in [9.17, 15) is 26.3 Å². The zero-order valence-corrected chi connectivity index (χ0v) is 25.4. The molecular weight excluding hydrogens is 574 g/mol. The first kappa shape index (κ1) is 32.2. The second-order valence-corrected chi connectivity index (χ2v) is 12.5. The van der Waals surface area contributed by atoms with Gasteiger partial charge in [0.2, 0.25) is 5.82 Å². The smallest absolute Gasteiger partial charge is 0.201 e. The Hall–Kier alpha value is -3.22. The molecule has 0 N–H and O–H groups in total. The van der Waals surface area contributed by atoms with Crippen LogP contribution in [0.4, 0.5) is 26.3 Å². The van der Waals surface area contributed by atoms with Gasteiger partial charge in [0.1, 0.15) is 0 Å². The second kappa shape index (κ2) is 14.3. The Bertz CT molecular complexity index is 1500. The van der Waals surface area contributed by atoms with Gasteiger partial charge in [0.25, 0.3) is 0 Å². The summed E-state index contributed by atoms with van der Waals surface area (Å²) in [5, 5.41) is 0. The number of allylic oxidation sites excluding steroid dienone is 2. The SMILES string of the molecule is CCCCOc1ccc(C2=CCC(C3CCC(CCc4ccc(-c5ccc(C)c(F)c5F)c(F)c4F)CC3)CC2)c(F)c1F. The predicted octanol–water partition coefficient (Wildman–Crippen LogP) is 11.3. The molecular formula is C37H40F6O. The minimum absolute atomic E-state index is 0.0371. The van der Waals surface area contributed by atoms with Crippen LogP contribution in [0.25, 0.3) is 16.7 Å². The van der Waals surface area contributed by atoms with E-state index in [2.05, 4.69) is 6.08 Å². The molecule has 1 atom stereocenters. The number of hydrogen-bond acceptors (Lipinski definition) is 1. The van der Waals surface area contributed by atoms with Gasteiger partial charge in [-0.3, -0.25) is 0 Å². The lowest BCUT2D eigenvalue weighted by Gasteiger charge is -2.35. The van der Waals surface area contributed by atoms with Crippen LogP contribution in [-0.4, -0.2) is 6.61 Å². The first-order valence-corrected chi connectivity index (χ1v) is 15.9. The molecule has 44 heavy (non-hydrogen) atoms. The third kappa shape index (κ3) is 6.87. The Morgan fingerprint density at radius 1 is 0.682 bits per heavy atom. The van der Waals surface area contributed by atoms with Gasteiger partial charge in [0.05, 0.1) is 6.61 Å². The maximum absolute atomic E-state index is 15.0. The molecule has 1 nitrogen and oxygen atoms in total. The molecule has 0 heterocycles. The fourth-order valence-corrected chi connectivity index (χ4v) is 6.90. The van der Waals surface area contributed by atoms with E-state index in [0.29, 0.717) is 42.8 Å². The van der Waals surface area contributed by atoms with Crippen molar-refractivity contribution in [2.45, 2.75) is 84.5 Å². The molecule has 0 amide bonds. The summed E-state index contributed by atoms with van der Waals surface area (Å²) in [6.45, 7) is 3.78. The lowest BCUT2D eigenvalue weighted by molar-refractivity contribution is 0.189. The van der Waals surface area contributed by atoms with E-state index in [1.54, 1.807) is 6.07 Å². The Morgan fingerprint density at radius 3 is 2.02 bits per heavy atom. The molecule has 1 saturated carbocycles. The van der Waals surface area contributed by atoms with Crippen molar-refractivity contribution in [1.82, 2.24) is 0 Å². The van der Waals surface area contributed by atoms with Crippen LogP contribution in [0.3, 0.4) is 0 Å². The summed E-state index contributed by atoms with van der Waals surface area (Å²) in [4.78, 5) is 0. The third-order valence-corrected chi connectivity index (χ3v) is 9.71. The average Bonchev–Trinajstić information content (AvgIpc) is 3.04. The van der Waals surface area contributed by atoms with Gasteiger partial charge in [-0.25, -0.2) is 22.0 Å². The third-order valence-electron chi connectivity index (χ3n) is 9.71. The molecule has 0 saturated heterocycles. The van der Waals surface area contributed by atoms with Crippen molar-refractivity contribution >= 4 is 5.57 Å². The quantitative estimate of drug-likeness (QED) is 0.163. The van der Waals surface area contributed by atoms with Crippen LogP contribution >= 0.6 is 0 Å². The fraction of sp³-hybridized carbons (Fsp3) is 0.459. The molecule has 5 rings (SSSR count). The van der Waals surface area contributed by atoms with Crippen molar-refractivity contribution in [2.75, 3.05) is 6.61 Å². The van der Waals surface area contributed by atoms with E-state index < -0.39 is 34.9 Å². The number of halogens is 6. The molecule has 3 aromatic rings. The van der Waals surface area contributed by atoms with Crippen LogP contribution in [0.15, 0.2) is 42.5 Å². The number of aryl methyl sites for hydroxylation is 2. The number of unbranched alkanes of at least 4 members (excludes halogenated alkanes) is 1. The van der Waals surface area contributed by atoms with Gasteiger partial charge in [-0.1, -0.05) is 56.5 Å². The monoisotopic (exact) mass is 614 g/mol. The highest BCUT2D eigenvalue weighted by molar-refractivity contribution is 5.68. The summed E-state index contributed by atoms with van der Waals surface area (Å²) in [5.74, 6) is -4.75. The standard InChI is InChI=1S/C37H40F6O/c1-3-4-21-44-31-20-19-28(34(40)37(31)43)26-14-12-25(13-15-26)24-9-6-23(7-10-24)8-11-27-16-18-30(36(42)33(27)39)29-17-5-22(2)32(38)35(29)41/h5,14,16-20,23-25H,3-4,6-13,15,21H2,1-2H3. The average molecular weight is 615 g/mol. The number of hydrogen-bond donors (Lipinski definition) is 0. The fourth-order valence-electron chi connectivity index (χ4n) is 6.90. The van der Waals surface area contributed by atoms with Crippen molar-refractivity contribution in [3.8, 4) is 16.9 Å². The molecule has 2 aliphatic rings. The van der Waals surface area contributed by atoms with Gasteiger partial charge in [-0.15, -0.1) is 0 Å². The van der Waals surface area contributed by atoms with E-state index in [1.165, 1.54) is 37.3 Å². The van der Waals surface area contributed by atoms with Gasteiger partial charge in [-0.2, -0.15) is 4.39 Å². The topological polar surface area (TPSA) is 9.23 Å². The number of ether oxygens (including phenoxy) is 1. The molecule has 0 spiro atoms.